The van der Waals surface area contributed by atoms with Gasteiger partial charge < -0.3 is 30.2 Å². The maximum Gasteiger partial charge on any atom is 0.360 e. The summed E-state index contributed by atoms with van der Waals surface area (Å²) in [4.78, 5) is 69.1. The van der Waals surface area contributed by atoms with Crippen molar-refractivity contribution in [2.24, 2.45) is 11.8 Å². The molecule has 1 aliphatic rings. The number of aromatic nitrogens is 1. The number of methoxy groups -OCH3 is 1. The molecule has 2 aromatic carbocycles. The van der Waals surface area contributed by atoms with Crippen molar-refractivity contribution in [2.45, 2.75) is 46.8 Å². The SMILES string of the molecule is C=Cc1cc(C(=O)Nc2ccc(C(=N)NC(=O)SCC)cc2)c(-c2ccc(C(=O)NCC3CC3)nc2C(=O)OC(C)OC(=O)C(C)C)cc1OC. The number of hydrogen-bond acceptors (Lipinski definition) is 11. The maximum absolute atomic E-state index is 13.9. The molecule has 3 amide bonds. The Hall–Kier alpha value is -5.50. The van der Waals surface area contributed by atoms with E-state index in [1.54, 1.807) is 50.2 Å². The Labute approximate surface area is 300 Å². The molecule has 14 heteroatoms. The average molecular weight is 716 g/mol. The lowest BCUT2D eigenvalue weighted by Gasteiger charge is -2.19. The van der Waals surface area contributed by atoms with Gasteiger partial charge in [0.15, 0.2) is 5.69 Å². The van der Waals surface area contributed by atoms with Gasteiger partial charge in [-0.05, 0) is 73.0 Å². The fraction of sp³-hybridized carbons (Fsp3) is 0.324. The number of carbonyl (C=O) groups excluding carboxylic acids is 5. The Balaban J connectivity index is 1.73. The molecule has 1 aromatic heterocycles. The van der Waals surface area contributed by atoms with E-state index in [0.717, 1.165) is 24.6 Å². The van der Waals surface area contributed by atoms with Crippen LogP contribution in [0.5, 0.6) is 5.75 Å². The Morgan fingerprint density at radius 1 is 1.00 bits per heavy atom. The molecular formula is C37H41N5O8S. The van der Waals surface area contributed by atoms with Crippen LogP contribution in [0.15, 0.2) is 55.1 Å². The number of ether oxygens (including phenoxy) is 3. The third kappa shape index (κ3) is 10.3. The second-order valence-electron chi connectivity index (χ2n) is 11.9. The van der Waals surface area contributed by atoms with E-state index in [0.29, 0.717) is 40.8 Å². The van der Waals surface area contributed by atoms with Crippen LogP contribution < -0.4 is 20.7 Å². The zero-order valence-corrected chi connectivity index (χ0v) is 29.9. The van der Waals surface area contributed by atoms with Gasteiger partial charge in [-0.1, -0.05) is 45.2 Å². The number of amidine groups is 1. The predicted molar refractivity (Wildman–Crippen MR) is 195 cm³/mol. The quantitative estimate of drug-likeness (QED) is 0.0641. The van der Waals surface area contributed by atoms with E-state index >= 15 is 0 Å². The highest BCUT2D eigenvalue weighted by Crippen LogP contribution is 2.35. The Morgan fingerprint density at radius 3 is 2.31 bits per heavy atom. The number of nitrogens with one attached hydrogen (secondary N) is 4. The van der Waals surface area contributed by atoms with E-state index in [9.17, 15) is 24.0 Å². The normalized spacial score (nSPS) is 12.7. The second kappa shape index (κ2) is 17.4. The summed E-state index contributed by atoms with van der Waals surface area (Å²) in [6.45, 7) is 10.8. The van der Waals surface area contributed by atoms with Crippen LogP contribution in [-0.4, -0.2) is 65.5 Å². The minimum Gasteiger partial charge on any atom is -0.496 e. The molecule has 1 heterocycles. The number of thioether (sulfide) groups is 1. The van der Waals surface area contributed by atoms with E-state index in [4.69, 9.17) is 19.6 Å². The summed E-state index contributed by atoms with van der Waals surface area (Å²) in [6.07, 6.45) is 2.28. The molecule has 0 radical (unpaired) electrons. The summed E-state index contributed by atoms with van der Waals surface area (Å²) < 4.78 is 16.3. The van der Waals surface area contributed by atoms with Crippen LogP contribution in [0.1, 0.15) is 83.0 Å². The zero-order valence-electron chi connectivity index (χ0n) is 29.1. The molecule has 1 fully saturated rings. The van der Waals surface area contributed by atoms with Gasteiger partial charge in [0.2, 0.25) is 6.29 Å². The third-order valence-electron chi connectivity index (χ3n) is 7.65. The molecule has 0 bridgehead atoms. The molecular weight excluding hydrogens is 675 g/mol. The van der Waals surface area contributed by atoms with Crippen molar-refractivity contribution in [3.05, 3.63) is 83.2 Å². The number of rotatable bonds is 14. The molecule has 0 spiro atoms. The molecule has 13 nitrogen and oxygen atoms in total. The summed E-state index contributed by atoms with van der Waals surface area (Å²) >= 11 is 1.05. The first-order chi connectivity index (χ1) is 24.3. The first kappa shape index (κ1) is 38.3. The summed E-state index contributed by atoms with van der Waals surface area (Å²) in [6, 6.07) is 12.3. The number of benzene rings is 2. The van der Waals surface area contributed by atoms with Crippen molar-refractivity contribution in [2.75, 3.05) is 24.7 Å². The molecule has 0 aliphatic heterocycles. The van der Waals surface area contributed by atoms with Gasteiger partial charge in [-0.3, -0.25) is 24.6 Å². The van der Waals surface area contributed by atoms with Gasteiger partial charge in [0.25, 0.3) is 17.1 Å². The van der Waals surface area contributed by atoms with Gasteiger partial charge in [-0.2, -0.15) is 0 Å². The average Bonchev–Trinajstić information content (AvgIpc) is 3.94. The van der Waals surface area contributed by atoms with Crippen LogP contribution >= 0.6 is 11.8 Å². The van der Waals surface area contributed by atoms with E-state index in [2.05, 4.69) is 27.5 Å². The minimum atomic E-state index is -1.28. The highest BCUT2D eigenvalue weighted by Gasteiger charge is 2.28. The van der Waals surface area contributed by atoms with Gasteiger partial charge >= 0.3 is 11.9 Å². The van der Waals surface area contributed by atoms with Crippen molar-refractivity contribution in [1.29, 1.82) is 5.41 Å². The number of amides is 3. The van der Waals surface area contributed by atoms with Crippen molar-refractivity contribution < 1.29 is 38.2 Å². The second-order valence-corrected chi connectivity index (χ2v) is 13.1. The van der Waals surface area contributed by atoms with Crippen LogP contribution in [0, 0.1) is 17.2 Å². The molecule has 4 N–H and O–H groups in total. The van der Waals surface area contributed by atoms with E-state index in [1.807, 2.05) is 6.92 Å². The van der Waals surface area contributed by atoms with E-state index in [-0.39, 0.29) is 39.2 Å². The Bertz CT molecular complexity index is 1840. The van der Waals surface area contributed by atoms with Crippen LogP contribution in [0.3, 0.4) is 0 Å². The molecule has 1 aliphatic carbocycles. The topological polar surface area (TPSA) is 186 Å². The van der Waals surface area contributed by atoms with Crippen LogP contribution in [-0.2, 0) is 14.3 Å². The lowest BCUT2D eigenvalue weighted by atomic mass is 9.94. The standard InChI is InChI=1S/C37H41N5O8S/c1-7-23-17-28(33(43)40-25-13-11-24(12-14-25)32(38)42-37(47)51-8-2)27(18-30(23)48-6)26-15-16-29(34(44)39-19-22-9-10-22)41-31(26)36(46)50-21(5)49-35(45)20(3)4/h7,11-18,20-22H,1,8-10,19H2,2-6H3,(H,39,44)(H,40,43)(H2,38,42,47). The number of carbonyl (C=O) groups is 5. The van der Waals surface area contributed by atoms with Gasteiger partial charge in [0.05, 0.1) is 13.0 Å². The molecule has 1 atom stereocenters. The third-order valence-corrected chi connectivity index (χ3v) is 8.31. The fourth-order valence-corrected chi connectivity index (χ4v) is 5.18. The van der Waals surface area contributed by atoms with E-state index < -0.39 is 36.0 Å². The summed E-state index contributed by atoms with van der Waals surface area (Å²) in [5.41, 5.74) is 1.43. The number of esters is 2. The Morgan fingerprint density at radius 2 is 1.71 bits per heavy atom. The van der Waals surface area contributed by atoms with Gasteiger partial charge in [-0.25, -0.2) is 9.78 Å². The van der Waals surface area contributed by atoms with Crippen LogP contribution in [0.25, 0.3) is 17.2 Å². The number of pyridine rings is 1. The van der Waals surface area contributed by atoms with Crippen molar-refractivity contribution in [1.82, 2.24) is 15.6 Å². The van der Waals surface area contributed by atoms with Crippen LogP contribution in [0.4, 0.5) is 10.5 Å². The first-order valence-electron chi connectivity index (χ1n) is 16.3. The molecule has 0 saturated heterocycles. The van der Waals surface area contributed by atoms with Gasteiger partial charge in [-0.15, -0.1) is 0 Å². The number of hydrogen-bond donors (Lipinski definition) is 4. The fourth-order valence-electron chi connectivity index (χ4n) is 4.74. The highest BCUT2D eigenvalue weighted by atomic mass is 32.2. The van der Waals surface area contributed by atoms with Crippen molar-refractivity contribution in [3.63, 3.8) is 0 Å². The summed E-state index contributed by atoms with van der Waals surface area (Å²) in [5, 5.41) is 16.0. The van der Waals surface area contributed by atoms with Gasteiger partial charge in [0, 0.05) is 47.0 Å². The molecule has 1 saturated carbocycles. The summed E-state index contributed by atoms with van der Waals surface area (Å²) in [5.74, 6) is -1.88. The lowest BCUT2D eigenvalue weighted by molar-refractivity contribution is -0.169. The smallest absolute Gasteiger partial charge is 0.360 e. The molecule has 1 unspecified atom stereocenters. The van der Waals surface area contributed by atoms with Gasteiger partial charge in [0.1, 0.15) is 17.3 Å². The van der Waals surface area contributed by atoms with Crippen molar-refractivity contribution in [3.8, 4) is 16.9 Å². The molecule has 51 heavy (non-hydrogen) atoms. The van der Waals surface area contributed by atoms with Crippen LogP contribution in [0.2, 0.25) is 0 Å². The molecule has 3 aromatic rings. The molecule has 268 valence electrons. The largest absolute Gasteiger partial charge is 0.496 e. The lowest BCUT2D eigenvalue weighted by Crippen LogP contribution is -2.28. The van der Waals surface area contributed by atoms with E-state index in [1.165, 1.54) is 32.2 Å². The summed E-state index contributed by atoms with van der Waals surface area (Å²) in [7, 11) is 1.44. The molecule has 4 rings (SSSR count). The number of nitrogens with zero attached hydrogens (tertiary/aromatic N) is 1. The highest BCUT2D eigenvalue weighted by molar-refractivity contribution is 8.13. The van der Waals surface area contributed by atoms with Crippen molar-refractivity contribution >= 4 is 58.4 Å². The predicted octanol–water partition coefficient (Wildman–Crippen LogP) is 6.28. The maximum atomic E-state index is 13.9. The number of anilines is 1. The first-order valence-corrected chi connectivity index (χ1v) is 17.3. The Kier molecular flexibility index (Phi) is 13.1. The minimum absolute atomic E-state index is 0.0472. The zero-order chi connectivity index (χ0) is 37.2. The monoisotopic (exact) mass is 715 g/mol.